The fourth-order valence-electron chi connectivity index (χ4n) is 1.56. The number of hydrogen-bond donors (Lipinski definition) is 1. The molecule has 0 saturated heterocycles. The molecule has 0 radical (unpaired) electrons. The minimum absolute atomic E-state index is 0.00865. The Balaban J connectivity index is 2.04. The van der Waals surface area contributed by atoms with Crippen LogP contribution in [0.5, 0.6) is 5.75 Å². The van der Waals surface area contributed by atoms with Gasteiger partial charge in [-0.25, -0.2) is 13.8 Å². The number of benzene rings is 1. The van der Waals surface area contributed by atoms with E-state index in [4.69, 9.17) is 4.74 Å². The Morgan fingerprint density at radius 1 is 1.38 bits per heavy atom. The number of rotatable bonds is 5. The van der Waals surface area contributed by atoms with Crippen LogP contribution in [0.4, 0.5) is 14.6 Å². The molecule has 0 aliphatic rings. The summed E-state index contributed by atoms with van der Waals surface area (Å²) in [7, 11) is 0. The van der Waals surface area contributed by atoms with Gasteiger partial charge in [0.2, 0.25) is 5.91 Å². The molecule has 1 aromatic heterocycles. The number of halogens is 2. The Morgan fingerprint density at radius 2 is 2.19 bits per heavy atom. The van der Waals surface area contributed by atoms with E-state index in [-0.39, 0.29) is 18.2 Å². The first-order valence-electron chi connectivity index (χ1n) is 6.04. The van der Waals surface area contributed by atoms with Crippen LogP contribution in [0.1, 0.15) is 5.56 Å². The maximum absolute atomic E-state index is 13.8. The molecule has 4 nitrogen and oxygen atoms in total. The molecule has 1 N–H and O–H groups in total. The van der Waals surface area contributed by atoms with E-state index in [9.17, 15) is 13.6 Å². The quantitative estimate of drug-likeness (QED) is 0.861. The molecule has 0 aliphatic carbocycles. The van der Waals surface area contributed by atoms with E-state index in [1.54, 1.807) is 6.07 Å². The number of nitrogens with zero attached hydrogens (tertiary/aromatic N) is 1. The lowest BCUT2D eigenvalue weighted by atomic mass is 10.2. The van der Waals surface area contributed by atoms with Gasteiger partial charge < -0.3 is 10.1 Å². The van der Waals surface area contributed by atoms with Gasteiger partial charge in [0.1, 0.15) is 18.2 Å². The average Bonchev–Trinajstić information content (AvgIpc) is 2.46. The van der Waals surface area contributed by atoms with Gasteiger partial charge in [0.25, 0.3) is 0 Å². The minimum atomic E-state index is -0.680. The summed E-state index contributed by atoms with van der Waals surface area (Å²) in [6, 6.07) is 6.83. The number of carbonyl (C=O) groups excluding carboxylic acids is 1. The summed E-state index contributed by atoms with van der Waals surface area (Å²) in [4.78, 5) is 14.9. The Kier molecular flexibility index (Phi) is 4.61. The average molecular weight is 290 g/mol. The smallest absolute Gasteiger partial charge is 0.248 e. The molecule has 0 aliphatic heterocycles. The van der Waals surface area contributed by atoms with Crippen LogP contribution in [-0.2, 0) is 11.4 Å². The Labute approximate surface area is 120 Å². The molecule has 0 fully saturated rings. The molecule has 0 unspecified atom stereocenters. The number of pyridine rings is 1. The molecule has 0 atom stereocenters. The molecule has 0 spiro atoms. The number of ether oxygens (including phenoxy) is 1. The summed E-state index contributed by atoms with van der Waals surface area (Å²) in [6.07, 6.45) is 2.20. The fourth-order valence-corrected chi connectivity index (χ4v) is 1.56. The predicted molar refractivity (Wildman–Crippen MR) is 73.8 cm³/mol. The first-order chi connectivity index (χ1) is 10.1. The lowest BCUT2D eigenvalue weighted by Crippen LogP contribution is -2.09. The lowest BCUT2D eigenvalue weighted by Gasteiger charge is -2.08. The van der Waals surface area contributed by atoms with Gasteiger partial charge in [-0.05, 0) is 23.8 Å². The van der Waals surface area contributed by atoms with Crippen molar-refractivity contribution in [3.63, 3.8) is 0 Å². The highest BCUT2D eigenvalue weighted by Gasteiger charge is 2.08. The third kappa shape index (κ3) is 4.10. The third-order valence-electron chi connectivity index (χ3n) is 2.54. The standard InChI is InChI=1S/C15H12F2N2O2/c1-2-15(20)19-14-7-12(17)13(8-18-14)21-9-10-4-3-5-11(16)6-10/h2-8H,1,9H2,(H,18,19,20). The van der Waals surface area contributed by atoms with Crippen LogP contribution in [-0.4, -0.2) is 10.9 Å². The maximum atomic E-state index is 13.8. The van der Waals surface area contributed by atoms with E-state index in [0.29, 0.717) is 5.56 Å². The second-order valence-electron chi connectivity index (χ2n) is 4.11. The predicted octanol–water partition coefficient (Wildman–Crippen LogP) is 3.06. The maximum Gasteiger partial charge on any atom is 0.248 e. The summed E-state index contributed by atoms with van der Waals surface area (Å²) < 4.78 is 32.0. The van der Waals surface area contributed by atoms with Crippen molar-refractivity contribution in [1.82, 2.24) is 4.98 Å². The minimum Gasteiger partial charge on any atom is -0.484 e. The van der Waals surface area contributed by atoms with Gasteiger partial charge in [-0.2, -0.15) is 0 Å². The molecule has 2 rings (SSSR count). The summed E-state index contributed by atoms with van der Waals surface area (Å²) >= 11 is 0. The van der Waals surface area contributed by atoms with Crippen LogP contribution in [0, 0.1) is 11.6 Å². The van der Waals surface area contributed by atoms with Gasteiger partial charge in [0, 0.05) is 6.07 Å². The second kappa shape index (κ2) is 6.60. The van der Waals surface area contributed by atoms with Crippen molar-refractivity contribution in [2.45, 2.75) is 6.61 Å². The van der Waals surface area contributed by atoms with Crippen LogP contribution < -0.4 is 10.1 Å². The van der Waals surface area contributed by atoms with Gasteiger partial charge in [-0.1, -0.05) is 18.7 Å². The largest absolute Gasteiger partial charge is 0.484 e. The Hall–Kier alpha value is -2.76. The zero-order valence-corrected chi connectivity index (χ0v) is 11.0. The van der Waals surface area contributed by atoms with E-state index in [1.807, 2.05) is 0 Å². The monoisotopic (exact) mass is 290 g/mol. The van der Waals surface area contributed by atoms with Gasteiger partial charge in [0.15, 0.2) is 11.6 Å². The molecular weight excluding hydrogens is 278 g/mol. The number of anilines is 1. The van der Waals surface area contributed by atoms with E-state index in [2.05, 4.69) is 16.9 Å². The van der Waals surface area contributed by atoms with Crippen molar-refractivity contribution in [3.8, 4) is 5.75 Å². The molecule has 0 saturated carbocycles. The number of nitrogens with one attached hydrogen (secondary N) is 1. The van der Waals surface area contributed by atoms with Gasteiger partial charge >= 0.3 is 0 Å². The zero-order valence-electron chi connectivity index (χ0n) is 11.0. The van der Waals surface area contributed by atoms with Crippen molar-refractivity contribution in [3.05, 3.63) is 66.4 Å². The second-order valence-corrected chi connectivity index (χ2v) is 4.11. The molecule has 2 aromatic rings. The summed E-state index contributed by atoms with van der Waals surface area (Å²) in [5.41, 5.74) is 0.568. The fraction of sp³-hybridized carbons (Fsp3) is 0.0667. The van der Waals surface area contributed by atoms with Crippen molar-refractivity contribution >= 4 is 11.7 Å². The van der Waals surface area contributed by atoms with Gasteiger partial charge in [0.05, 0.1) is 6.20 Å². The van der Waals surface area contributed by atoms with Crippen LogP contribution >= 0.6 is 0 Å². The number of amides is 1. The van der Waals surface area contributed by atoms with Crippen LogP contribution in [0.15, 0.2) is 49.2 Å². The molecule has 21 heavy (non-hydrogen) atoms. The molecule has 1 aromatic carbocycles. The zero-order chi connectivity index (χ0) is 15.2. The van der Waals surface area contributed by atoms with E-state index >= 15 is 0 Å². The normalized spacial score (nSPS) is 10.0. The molecular formula is C15H12F2N2O2. The molecule has 6 heteroatoms. The van der Waals surface area contributed by atoms with Crippen molar-refractivity contribution in [2.75, 3.05) is 5.32 Å². The van der Waals surface area contributed by atoms with E-state index < -0.39 is 17.5 Å². The summed E-state index contributed by atoms with van der Waals surface area (Å²) in [6.45, 7) is 3.29. The first-order valence-corrected chi connectivity index (χ1v) is 6.04. The van der Waals surface area contributed by atoms with E-state index in [0.717, 1.165) is 18.3 Å². The van der Waals surface area contributed by atoms with Crippen LogP contribution in [0.3, 0.4) is 0 Å². The Bertz CT molecular complexity index is 674. The van der Waals surface area contributed by atoms with Crippen LogP contribution in [0.2, 0.25) is 0 Å². The van der Waals surface area contributed by atoms with Crippen LogP contribution in [0.25, 0.3) is 0 Å². The highest BCUT2D eigenvalue weighted by Crippen LogP contribution is 2.20. The molecule has 108 valence electrons. The van der Waals surface area contributed by atoms with Crippen molar-refractivity contribution < 1.29 is 18.3 Å². The van der Waals surface area contributed by atoms with Crippen molar-refractivity contribution in [2.24, 2.45) is 0 Å². The molecule has 1 amide bonds. The van der Waals surface area contributed by atoms with Gasteiger partial charge in [-0.3, -0.25) is 4.79 Å². The third-order valence-corrected chi connectivity index (χ3v) is 2.54. The summed E-state index contributed by atoms with van der Waals surface area (Å²) in [5, 5.41) is 2.33. The summed E-state index contributed by atoms with van der Waals surface area (Å²) in [5.74, 6) is -1.60. The topological polar surface area (TPSA) is 51.2 Å². The molecule has 0 bridgehead atoms. The van der Waals surface area contributed by atoms with E-state index in [1.165, 1.54) is 18.2 Å². The SMILES string of the molecule is C=CC(=O)Nc1cc(F)c(OCc2cccc(F)c2)cn1. The Morgan fingerprint density at radius 3 is 2.86 bits per heavy atom. The number of hydrogen-bond acceptors (Lipinski definition) is 3. The highest BCUT2D eigenvalue weighted by atomic mass is 19.1. The highest BCUT2D eigenvalue weighted by molar-refractivity contribution is 5.98. The number of aromatic nitrogens is 1. The van der Waals surface area contributed by atoms with Crippen molar-refractivity contribution in [1.29, 1.82) is 0 Å². The lowest BCUT2D eigenvalue weighted by molar-refractivity contribution is -0.111. The number of carbonyl (C=O) groups is 1. The first kappa shape index (κ1) is 14.6. The van der Waals surface area contributed by atoms with Gasteiger partial charge in [-0.15, -0.1) is 0 Å². The molecule has 1 heterocycles.